The fourth-order valence-corrected chi connectivity index (χ4v) is 7.24. The molecule has 2 unspecified atom stereocenters. The van der Waals surface area contributed by atoms with Crippen LogP contribution >= 0.6 is 0 Å². The molecule has 55 heavy (non-hydrogen) atoms. The fraction of sp³-hybridized carbons (Fsp3) is 0.878. The highest BCUT2D eigenvalue weighted by Gasteiger charge is 2.20. The first-order valence-corrected chi connectivity index (χ1v) is 24.1. The first-order valence-electron chi connectivity index (χ1n) is 24.1. The van der Waals surface area contributed by atoms with Gasteiger partial charge in [0.25, 0.3) is 0 Å². The van der Waals surface area contributed by atoms with Crippen LogP contribution in [0, 0.1) is 0 Å². The highest BCUT2D eigenvalue weighted by atomic mass is 16.5. The van der Waals surface area contributed by atoms with Crippen LogP contribution in [0.25, 0.3) is 0 Å². The highest BCUT2D eigenvalue weighted by Crippen LogP contribution is 2.16. The van der Waals surface area contributed by atoms with Gasteiger partial charge in [0.2, 0.25) is 5.91 Å². The van der Waals surface area contributed by atoms with Gasteiger partial charge in [0.05, 0.1) is 25.4 Å². The number of amides is 1. The summed E-state index contributed by atoms with van der Waals surface area (Å²) in [6, 6.07) is -0.546. The molecule has 0 aromatic carbocycles. The van der Waals surface area contributed by atoms with Gasteiger partial charge in [-0.1, -0.05) is 212 Å². The summed E-state index contributed by atoms with van der Waals surface area (Å²) in [4.78, 5) is 24.4. The predicted octanol–water partition coefficient (Wildman–Crippen LogP) is 14.0. The average molecular weight is 776 g/mol. The van der Waals surface area contributed by atoms with Crippen LogP contribution in [0.1, 0.15) is 251 Å². The van der Waals surface area contributed by atoms with Gasteiger partial charge in [-0.3, -0.25) is 9.59 Å². The normalized spacial score (nSPS) is 12.9. The van der Waals surface area contributed by atoms with Crippen LogP contribution in [0.2, 0.25) is 0 Å². The molecule has 0 aliphatic carbocycles. The third-order valence-electron chi connectivity index (χ3n) is 11.0. The van der Waals surface area contributed by atoms with E-state index in [4.69, 9.17) is 4.74 Å². The van der Waals surface area contributed by atoms with E-state index in [1.165, 1.54) is 161 Å². The molecule has 2 atom stereocenters. The summed E-state index contributed by atoms with van der Waals surface area (Å²) in [6.45, 7) is 4.86. The van der Waals surface area contributed by atoms with Gasteiger partial charge in [-0.15, -0.1) is 0 Å². The summed E-state index contributed by atoms with van der Waals surface area (Å²) in [7, 11) is 0. The summed E-state index contributed by atoms with van der Waals surface area (Å²) in [5, 5.41) is 23.0. The van der Waals surface area contributed by atoms with Crippen molar-refractivity contribution in [1.29, 1.82) is 0 Å². The average Bonchev–Trinajstić information content (AvgIpc) is 3.18. The van der Waals surface area contributed by atoms with Crippen molar-refractivity contribution in [2.75, 3.05) is 13.2 Å². The molecule has 0 radical (unpaired) electrons. The minimum Gasteiger partial charge on any atom is -0.466 e. The number of aliphatic hydroxyl groups excluding tert-OH is 2. The van der Waals surface area contributed by atoms with Crippen LogP contribution in [-0.2, 0) is 14.3 Å². The summed E-state index contributed by atoms with van der Waals surface area (Å²) >= 11 is 0. The monoisotopic (exact) mass is 776 g/mol. The molecule has 1 amide bonds. The zero-order valence-electron chi connectivity index (χ0n) is 36.7. The van der Waals surface area contributed by atoms with Crippen LogP contribution < -0.4 is 5.32 Å². The molecule has 0 rings (SSSR count). The van der Waals surface area contributed by atoms with Crippen LogP contribution in [0.3, 0.4) is 0 Å². The number of rotatable bonds is 44. The Bertz CT molecular complexity index is 858. The van der Waals surface area contributed by atoms with Gasteiger partial charge in [0, 0.05) is 12.8 Å². The van der Waals surface area contributed by atoms with Crippen molar-refractivity contribution in [1.82, 2.24) is 5.32 Å². The van der Waals surface area contributed by atoms with Crippen molar-refractivity contribution >= 4 is 11.9 Å². The molecule has 0 bridgehead atoms. The van der Waals surface area contributed by atoms with Crippen molar-refractivity contribution in [2.24, 2.45) is 0 Å². The van der Waals surface area contributed by atoms with Crippen LogP contribution in [0.4, 0.5) is 0 Å². The Labute approximate surface area is 341 Å². The minimum atomic E-state index is -0.667. The minimum absolute atomic E-state index is 0.0147. The number of hydrogen-bond acceptors (Lipinski definition) is 5. The number of carbonyl (C=O) groups is 2. The quantitative estimate of drug-likeness (QED) is 0.0325. The lowest BCUT2D eigenvalue weighted by atomic mass is 10.0. The maximum absolute atomic E-state index is 12.4. The van der Waals surface area contributed by atoms with Gasteiger partial charge >= 0.3 is 5.97 Å². The van der Waals surface area contributed by atoms with E-state index >= 15 is 0 Å². The van der Waals surface area contributed by atoms with Crippen LogP contribution in [-0.4, -0.2) is 47.4 Å². The molecule has 0 fully saturated rings. The molecule has 3 N–H and O–H groups in total. The highest BCUT2D eigenvalue weighted by molar-refractivity contribution is 5.76. The second kappa shape index (κ2) is 45.0. The number of aliphatic hydroxyl groups is 2. The first-order chi connectivity index (χ1) is 27.0. The van der Waals surface area contributed by atoms with E-state index in [1.54, 1.807) is 0 Å². The molecule has 0 aromatic rings. The van der Waals surface area contributed by atoms with Gasteiger partial charge in [-0.2, -0.15) is 0 Å². The summed E-state index contributed by atoms with van der Waals surface area (Å²) in [5.41, 5.74) is 0. The molecule has 0 heterocycles. The van der Waals surface area contributed by atoms with Crippen molar-refractivity contribution in [2.45, 2.75) is 264 Å². The molecule has 0 saturated heterocycles. The Morgan fingerprint density at radius 2 is 0.927 bits per heavy atom. The van der Waals surface area contributed by atoms with E-state index in [1.807, 2.05) is 0 Å². The van der Waals surface area contributed by atoms with E-state index in [-0.39, 0.29) is 18.5 Å². The molecular formula is C49H93NO5. The van der Waals surface area contributed by atoms with Gasteiger partial charge in [-0.05, 0) is 51.4 Å². The molecule has 0 aromatic heterocycles. The third kappa shape index (κ3) is 41.8. The molecule has 0 saturated carbocycles. The number of ether oxygens (including phenoxy) is 1. The van der Waals surface area contributed by atoms with E-state index in [9.17, 15) is 19.8 Å². The maximum atomic E-state index is 12.4. The SMILES string of the molecule is CCCC/C=C\C/C=C\CCCCCCCC(=O)OCCCCCCCCCCCCCCCCCC(=O)NC(CO)C(O)CCCCCCCCCCC. The number of carbonyl (C=O) groups excluding carboxylic acids is 2. The van der Waals surface area contributed by atoms with E-state index < -0.39 is 12.1 Å². The standard InChI is InChI=1S/C49H93NO5/c1-3-5-7-9-11-13-14-15-20-23-27-31-35-39-43-49(54)55-44-40-36-32-28-24-21-18-16-17-19-22-26-30-34-38-42-48(53)50-46(45-51)47(52)41-37-33-29-25-12-10-8-6-4-2/h9,11,14-15,46-47,51-52H,3-8,10,12-13,16-45H2,1-2H3,(H,50,53)/b11-9-,15-14-. The van der Waals surface area contributed by atoms with Crippen LogP contribution in [0.5, 0.6) is 0 Å². The predicted molar refractivity (Wildman–Crippen MR) is 236 cm³/mol. The molecule has 0 aliphatic heterocycles. The van der Waals surface area contributed by atoms with Crippen molar-refractivity contribution in [3.63, 3.8) is 0 Å². The molecule has 0 spiro atoms. The molecule has 6 heteroatoms. The zero-order chi connectivity index (χ0) is 40.1. The largest absolute Gasteiger partial charge is 0.466 e. The van der Waals surface area contributed by atoms with E-state index in [0.29, 0.717) is 25.9 Å². The fourth-order valence-electron chi connectivity index (χ4n) is 7.24. The summed E-state index contributed by atoms with van der Waals surface area (Å²) in [6.07, 6.45) is 51.4. The zero-order valence-corrected chi connectivity index (χ0v) is 36.7. The number of hydrogen-bond donors (Lipinski definition) is 3. The van der Waals surface area contributed by atoms with Gasteiger partial charge < -0.3 is 20.3 Å². The van der Waals surface area contributed by atoms with E-state index in [2.05, 4.69) is 43.5 Å². The lowest BCUT2D eigenvalue weighted by Crippen LogP contribution is -2.45. The Balaban J connectivity index is 3.42. The number of allylic oxidation sites excluding steroid dienone is 4. The smallest absolute Gasteiger partial charge is 0.305 e. The second-order valence-electron chi connectivity index (χ2n) is 16.4. The number of esters is 1. The topological polar surface area (TPSA) is 95.9 Å². The second-order valence-corrected chi connectivity index (χ2v) is 16.4. The summed E-state index contributed by atoms with van der Waals surface area (Å²) < 4.78 is 5.45. The molecule has 324 valence electrons. The molecule has 6 nitrogen and oxygen atoms in total. The maximum Gasteiger partial charge on any atom is 0.305 e. The Kier molecular flexibility index (Phi) is 43.7. The number of nitrogens with one attached hydrogen (secondary N) is 1. The van der Waals surface area contributed by atoms with Gasteiger partial charge in [-0.25, -0.2) is 0 Å². The van der Waals surface area contributed by atoms with E-state index in [0.717, 1.165) is 57.8 Å². The lowest BCUT2D eigenvalue weighted by Gasteiger charge is -2.22. The Morgan fingerprint density at radius 1 is 0.509 bits per heavy atom. The Hall–Kier alpha value is -1.66. The first kappa shape index (κ1) is 53.3. The van der Waals surface area contributed by atoms with Gasteiger partial charge in [0.15, 0.2) is 0 Å². The lowest BCUT2D eigenvalue weighted by molar-refractivity contribution is -0.143. The third-order valence-corrected chi connectivity index (χ3v) is 11.0. The van der Waals surface area contributed by atoms with Crippen molar-refractivity contribution in [3.05, 3.63) is 24.3 Å². The van der Waals surface area contributed by atoms with Crippen molar-refractivity contribution < 1.29 is 24.5 Å². The van der Waals surface area contributed by atoms with Crippen LogP contribution in [0.15, 0.2) is 24.3 Å². The molecule has 0 aliphatic rings. The number of unbranched alkanes of at least 4 members (excludes halogenated alkanes) is 29. The van der Waals surface area contributed by atoms with Gasteiger partial charge in [0.1, 0.15) is 0 Å². The summed E-state index contributed by atoms with van der Waals surface area (Å²) in [5.74, 6) is -0.0619. The molecular weight excluding hydrogens is 683 g/mol. The Morgan fingerprint density at radius 3 is 1.44 bits per heavy atom. The van der Waals surface area contributed by atoms with Crippen molar-refractivity contribution in [3.8, 4) is 0 Å².